The zero-order valence-electron chi connectivity index (χ0n) is 38.6. The van der Waals surface area contributed by atoms with Gasteiger partial charge in [-0.15, -0.1) is 0 Å². The molecule has 0 bridgehead atoms. The highest BCUT2D eigenvalue weighted by molar-refractivity contribution is 5.75. The monoisotopic (exact) mass is 870 g/mol. The average molecular weight is 870 g/mol. The number of unbranched alkanes of at least 4 members (excludes halogenated alkanes) is 1. The van der Waals surface area contributed by atoms with E-state index in [0.717, 1.165) is 110 Å². The van der Waals surface area contributed by atoms with Gasteiger partial charge in [0.1, 0.15) is 0 Å². The number of methoxy groups -OCH3 is 3. The van der Waals surface area contributed by atoms with Crippen molar-refractivity contribution in [2.24, 2.45) is 5.92 Å². The van der Waals surface area contributed by atoms with Gasteiger partial charge in [-0.1, -0.05) is 40.0 Å². The highest BCUT2D eigenvalue weighted by Gasteiger charge is 2.28. The molecule has 0 saturated heterocycles. The number of hydrogen-bond acceptors (Lipinski definition) is 12. The molecule has 3 aromatic rings. The SMILES string of the molecule is CCCC(=O)Oc1cc2c(cc1OC)CCNC2CCCCC(CCC1NCCc2cc(OC)c(OC(=O)CCC)cc21)CCC1NCCc2cc(OC)c(OC(=O)CCC)cc21. The number of rotatable bonds is 23. The van der Waals surface area contributed by atoms with Crippen LogP contribution in [-0.4, -0.2) is 58.9 Å². The zero-order chi connectivity index (χ0) is 44.7. The van der Waals surface area contributed by atoms with Crippen LogP contribution in [-0.2, 0) is 33.6 Å². The number of benzene rings is 3. The summed E-state index contributed by atoms with van der Waals surface area (Å²) in [5.74, 6) is 2.99. The molecule has 0 saturated carbocycles. The van der Waals surface area contributed by atoms with E-state index in [9.17, 15) is 14.4 Å². The largest absolute Gasteiger partial charge is 0.493 e. The Hall–Kier alpha value is -4.65. The fourth-order valence-electron chi connectivity index (χ4n) is 9.59. The third-order valence-electron chi connectivity index (χ3n) is 12.9. The molecule has 12 heteroatoms. The van der Waals surface area contributed by atoms with E-state index in [1.54, 1.807) is 21.3 Å². The van der Waals surface area contributed by atoms with Gasteiger partial charge in [0, 0.05) is 37.4 Å². The van der Waals surface area contributed by atoms with Crippen molar-refractivity contribution in [2.75, 3.05) is 41.0 Å². The van der Waals surface area contributed by atoms with E-state index in [1.807, 2.05) is 45.0 Å². The van der Waals surface area contributed by atoms with Crippen LogP contribution < -0.4 is 44.4 Å². The molecule has 0 amide bonds. The quantitative estimate of drug-likeness (QED) is 0.0475. The first-order valence-electron chi connectivity index (χ1n) is 23.6. The standard InChI is InChI=1S/C51H71N3O9/c1-7-12-49(55)61-46-30-37-34(27-43(46)58-4)21-24-52-40(37)16-11-10-15-33(17-19-41-38-31-47(62-50(56)13-8-2)44(59-5)28-35(38)22-25-53-41)18-20-42-39-32-48(63-51(57)14-9-3)45(60-6)29-36(39)23-26-54-42/h27-33,40-42,52-54H,7-26H2,1-6H3. The lowest BCUT2D eigenvalue weighted by molar-refractivity contribution is -0.135. The number of fused-ring (bicyclic) bond motifs is 3. The molecule has 344 valence electrons. The highest BCUT2D eigenvalue weighted by atomic mass is 16.6. The molecule has 0 aromatic heterocycles. The fraction of sp³-hybridized carbons (Fsp3) is 0.588. The summed E-state index contributed by atoms with van der Waals surface area (Å²) in [7, 11) is 4.88. The van der Waals surface area contributed by atoms with Crippen LogP contribution in [0.3, 0.4) is 0 Å². The number of hydrogen-bond donors (Lipinski definition) is 3. The van der Waals surface area contributed by atoms with E-state index in [-0.39, 0.29) is 36.0 Å². The minimum absolute atomic E-state index is 0.132. The van der Waals surface area contributed by atoms with Gasteiger partial charge in [0.2, 0.25) is 0 Å². The molecule has 0 aliphatic carbocycles. The van der Waals surface area contributed by atoms with E-state index in [0.29, 0.717) is 59.7 Å². The van der Waals surface area contributed by atoms with Gasteiger partial charge in [-0.3, -0.25) is 14.4 Å². The van der Waals surface area contributed by atoms with Crippen molar-refractivity contribution >= 4 is 17.9 Å². The van der Waals surface area contributed by atoms with E-state index >= 15 is 0 Å². The summed E-state index contributed by atoms with van der Waals surface area (Å²) in [4.78, 5) is 37.7. The van der Waals surface area contributed by atoms with Crippen molar-refractivity contribution in [2.45, 2.75) is 148 Å². The lowest BCUT2D eigenvalue weighted by Gasteiger charge is -2.31. The molecule has 6 rings (SSSR count). The van der Waals surface area contributed by atoms with Gasteiger partial charge >= 0.3 is 17.9 Å². The molecule has 0 spiro atoms. The average Bonchev–Trinajstić information content (AvgIpc) is 3.28. The smallest absolute Gasteiger partial charge is 0.311 e. The van der Waals surface area contributed by atoms with Crippen LogP contribution in [0.1, 0.15) is 162 Å². The molecule has 3 heterocycles. The maximum atomic E-state index is 12.6. The molecule has 3 atom stereocenters. The van der Waals surface area contributed by atoms with Crippen LogP contribution in [0.5, 0.6) is 34.5 Å². The lowest BCUT2D eigenvalue weighted by atomic mass is 9.83. The number of carbonyl (C=O) groups is 3. The number of ether oxygens (including phenoxy) is 6. The number of esters is 3. The molecule has 0 radical (unpaired) electrons. The summed E-state index contributed by atoms with van der Waals surface area (Å²) in [6.45, 7) is 8.55. The minimum Gasteiger partial charge on any atom is -0.493 e. The van der Waals surface area contributed by atoms with Crippen LogP contribution in [0.4, 0.5) is 0 Å². The third kappa shape index (κ3) is 12.8. The molecule has 0 fully saturated rings. The first-order valence-corrected chi connectivity index (χ1v) is 23.6. The van der Waals surface area contributed by atoms with Gasteiger partial charge < -0.3 is 44.4 Å². The second-order valence-electron chi connectivity index (χ2n) is 17.4. The summed E-state index contributed by atoms with van der Waals surface area (Å²) in [6, 6.07) is 12.6. The van der Waals surface area contributed by atoms with Crippen LogP contribution in [0.15, 0.2) is 36.4 Å². The number of carbonyl (C=O) groups excluding carboxylic acids is 3. The van der Waals surface area contributed by atoms with Crippen LogP contribution in [0, 0.1) is 5.92 Å². The third-order valence-corrected chi connectivity index (χ3v) is 12.9. The Morgan fingerprint density at radius 1 is 0.492 bits per heavy atom. The maximum absolute atomic E-state index is 12.6. The fourth-order valence-corrected chi connectivity index (χ4v) is 9.59. The van der Waals surface area contributed by atoms with Crippen molar-refractivity contribution in [1.82, 2.24) is 16.0 Å². The molecule has 3 aliphatic heterocycles. The second-order valence-corrected chi connectivity index (χ2v) is 17.4. The van der Waals surface area contributed by atoms with E-state index in [2.05, 4.69) is 28.1 Å². The Balaban J connectivity index is 1.18. The summed E-state index contributed by atoms with van der Waals surface area (Å²) >= 11 is 0. The number of nitrogens with one attached hydrogen (secondary N) is 3. The highest BCUT2D eigenvalue weighted by Crippen LogP contribution is 2.42. The topological polar surface area (TPSA) is 143 Å². The van der Waals surface area contributed by atoms with Crippen molar-refractivity contribution in [1.29, 1.82) is 0 Å². The van der Waals surface area contributed by atoms with Gasteiger partial charge in [0.25, 0.3) is 0 Å². The molecular formula is C51H71N3O9. The molecule has 3 aromatic carbocycles. The first-order chi connectivity index (χ1) is 30.7. The van der Waals surface area contributed by atoms with Crippen molar-refractivity contribution in [3.05, 3.63) is 69.8 Å². The summed E-state index contributed by atoms with van der Waals surface area (Å²) < 4.78 is 34.4. The lowest BCUT2D eigenvalue weighted by Crippen LogP contribution is -2.31. The predicted molar refractivity (Wildman–Crippen MR) is 244 cm³/mol. The predicted octanol–water partition coefficient (Wildman–Crippen LogP) is 9.53. The van der Waals surface area contributed by atoms with Gasteiger partial charge in [-0.05, 0) is 166 Å². The van der Waals surface area contributed by atoms with E-state index in [4.69, 9.17) is 28.4 Å². The second kappa shape index (κ2) is 23.9. The minimum atomic E-state index is -0.249. The van der Waals surface area contributed by atoms with E-state index < -0.39 is 0 Å². The van der Waals surface area contributed by atoms with Gasteiger partial charge in [-0.2, -0.15) is 0 Å². The zero-order valence-corrected chi connectivity index (χ0v) is 38.6. The summed E-state index contributed by atoms with van der Waals surface area (Å²) in [6.07, 6.45) is 14.1. The molecule has 12 nitrogen and oxygen atoms in total. The Morgan fingerprint density at radius 3 is 1.17 bits per heavy atom. The van der Waals surface area contributed by atoms with Crippen molar-refractivity contribution in [3.63, 3.8) is 0 Å². The molecular weight excluding hydrogens is 799 g/mol. The Morgan fingerprint density at radius 2 is 0.841 bits per heavy atom. The molecule has 3 N–H and O–H groups in total. The van der Waals surface area contributed by atoms with Gasteiger partial charge in [-0.25, -0.2) is 0 Å². The first kappa shape index (κ1) is 47.8. The van der Waals surface area contributed by atoms with Crippen LogP contribution in [0.2, 0.25) is 0 Å². The molecule has 3 aliphatic rings. The Kier molecular flexibility index (Phi) is 18.1. The van der Waals surface area contributed by atoms with Crippen molar-refractivity contribution < 1.29 is 42.8 Å². The normalized spacial score (nSPS) is 18.3. The summed E-state index contributed by atoms with van der Waals surface area (Å²) in [5.41, 5.74) is 7.26. The molecule has 63 heavy (non-hydrogen) atoms. The van der Waals surface area contributed by atoms with Crippen molar-refractivity contribution in [3.8, 4) is 34.5 Å². The Bertz CT molecular complexity index is 1920. The maximum Gasteiger partial charge on any atom is 0.311 e. The Labute approximate surface area is 374 Å². The van der Waals surface area contributed by atoms with Crippen LogP contribution >= 0.6 is 0 Å². The van der Waals surface area contributed by atoms with Gasteiger partial charge in [0.05, 0.1) is 21.3 Å². The van der Waals surface area contributed by atoms with Gasteiger partial charge in [0.15, 0.2) is 34.5 Å². The molecule has 3 unspecified atom stereocenters. The summed E-state index contributed by atoms with van der Waals surface area (Å²) in [5, 5.41) is 11.3. The van der Waals surface area contributed by atoms with Crippen LogP contribution in [0.25, 0.3) is 0 Å². The van der Waals surface area contributed by atoms with E-state index in [1.165, 1.54) is 33.4 Å².